The van der Waals surface area contributed by atoms with Gasteiger partial charge in [-0.1, -0.05) is 47.0 Å². The molecular weight excluding hydrogens is 296 g/mol. The van der Waals surface area contributed by atoms with E-state index in [9.17, 15) is 0 Å². The van der Waals surface area contributed by atoms with Gasteiger partial charge < -0.3 is 20.4 Å². The Bertz CT molecular complexity index is 177. The molecule has 0 radical (unpaired) electrons. The Labute approximate surface area is 143 Å². The third-order valence-corrected chi connectivity index (χ3v) is 3.81. The summed E-state index contributed by atoms with van der Waals surface area (Å²) in [5, 5.41) is 0. The fourth-order valence-electron chi connectivity index (χ4n) is 2.19. The Morgan fingerprint density at radius 1 is 0.609 bits per heavy atom. The number of hydrogen-bond acceptors (Lipinski definition) is 4. The van der Waals surface area contributed by atoms with Crippen LogP contribution in [-0.2, 0) is 9.47 Å². The topological polar surface area (TPSA) is 87.9 Å². The zero-order valence-electron chi connectivity index (χ0n) is 15.9. The van der Waals surface area contributed by atoms with Crippen molar-refractivity contribution in [3.05, 3.63) is 0 Å². The summed E-state index contributed by atoms with van der Waals surface area (Å²) in [4.78, 5) is 4.78. The summed E-state index contributed by atoms with van der Waals surface area (Å²) < 4.78 is 10.3. The van der Waals surface area contributed by atoms with Crippen molar-refractivity contribution >= 4 is 0 Å². The van der Waals surface area contributed by atoms with Gasteiger partial charge in [-0.05, 0) is 13.1 Å². The molecule has 6 nitrogen and oxygen atoms in total. The molecule has 2 fully saturated rings. The minimum atomic E-state index is 0. The van der Waals surface area contributed by atoms with Crippen LogP contribution in [0, 0.1) is 0 Å². The van der Waals surface area contributed by atoms with E-state index in [0.717, 1.165) is 52.6 Å². The molecule has 0 spiro atoms. The van der Waals surface area contributed by atoms with Gasteiger partial charge in [-0.15, -0.1) is 0 Å². The normalized spacial score (nSPS) is 18.3. The molecule has 2 aliphatic rings. The molecule has 0 aliphatic carbocycles. The number of unbranched alkanes of at least 4 members (excludes halogenated alkanes) is 2. The number of rotatable bonds is 4. The largest absolute Gasteiger partial charge is 0.412 e. The molecule has 144 valence electrons. The van der Waals surface area contributed by atoms with E-state index in [-0.39, 0.29) is 11.0 Å². The van der Waals surface area contributed by atoms with Crippen LogP contribution < -0.4 is 0 Å². The van der Waals surface area contributed by atoms with Crippen LogP contribution in [0.1, 0.15) is 47.0 Å². The molecule has 23 heavy (non-hydrogen) atoms. The van der Waals surface area contributed by atoms with Crippen LogP contribution in [0.15, 0.2) is 0 Å². The van der Waals surface area contributed by atoms with E-state index in [1.165, 1.54) is 32.4 Å². The standard InChI is InChI=1S/2C6H13NO.C5H12.2H2O/c2*1-2-7-3-5-8-6-4-7;1-3-5-4-2;;/h2*2-6H2,1H3;3-5H2,1-2H3;2*1H2. The lowest BCUT2D eigenvalue weighted by Gasteiger charge is -2.24. The molecule has 0 bridgehead atoms. The van der Waals surface area contributed by atoms with Gasteiger partial charge in [0.2, 0.25) is 0 Å². The van der Waals surface area contributed by atoms with E-state index in [2.05, 4.69) is 37.5 Å². The van der Waals surface area contributed by atoms with E-state index in [4.69, 9.17) is 9.47 Å². The first-order chi connectivity index (χ1) is 10.3. The lowest BCUT2D eigenvalue weighted by Crippen LogP contribution is -2.35. The lowest BCUT2D eigenvalue weighted by atomic mass is 10.3. The molecule has 0 unspecified atom stereocenters. The van der Waals surface area contributed by atoms with Gasteiger partial charge in [0.25, 0.3) is 0 Å². The molecule has 2 rings (SSSR count). The van der Waals surface area contributed by atoms with Crippen molar-refractivity contribution in [1.29, 1.82) is 0 Å². The monoisotopic (exact) mass is 338 g/mol. The molecule has 4 N–H and O–H groups in total. The van der Waals surface area contributed by atoms with E-state index < -0.39 is 0 Å². The third-order valence-electron chi connectivity index (χ3n) is 3.81. The smallest absolute Gasteiger partial charge is 0.0594 e. The van der Waals surface area contributed by atoms with Crippen molar-refractivity contribution < 1.29 is 20.4 Å². The van der Waals surface area contributed by atoms with Crippen LogP contribution in [0.25, 0.3) is 0 Å². The molecule has 0 atom stereocenters. The van der Waals surface area contributed by atoms with Crippen molar-refractivity contribution in [1.82, 2.24) is 9.80 Å². The van der Waals surface area contributed by atoms with Gasteiger partial charge in [0.1, 0.15) is 0 Å². The Hall–Kier alpha value is -0.240. The summed E-state index contributed by atoms with van der Waals surface area (Å²) in [7, 11) is 0. The molecule has 0 aromatic carbocycles. The second kappa shape index (κ2) is 21.8. The van der Waals surface area contributed by atoms with E-state index in [1.807, 2.05) is 0 Å². The molecule has 2 aliphatic heterocycles. The van der Waals surface area contributed by atoms with Gasteiger partial charge in [-0.2, -0.15) is 0 Å². The van der Waals surface area contributed by atoms with Crippen molar-refractivity contribution in [2.45, 2.75) is 47.0 Å². The average Bonchev–Trinajstić information content (AvgIpc) is 2.58. The van der Waals surface area contributed by atoms with Crippen LogP contribution in [0.5, 0.6) is 0 Å². The highest BCUT2D eigenvalue weighted by atomic mass is 16.5. The van der Waals surface area contributed by atoms with Gasteiger partial charge in [-0.25, -0.2) is 0 Å². The summed E-state index contributed by atoms with van der Waals surface area (Å²) >= 11 is 0. The Morgan fingerprint density at radius 2 is 0.913 bits per heavy atom. The maximum absolute atomic E-state index is 5.16. The van der Waals surface area contributed by atoms with Gasteiger partial charge in [0.05, 0.1) is 26.4 Å². The summed E-state index contributed by atoms with van der Waals surface area (Å²) in [6, 6.07) is 0. The molecule has 0 amide bonds. The fraction of sp³-hybridized carbons (Fsp3) is 1.00. The number of likely N-dealkylation sites (N-methyl/N-ethyl adjacent to an activating group) is 2. The fourth-order valence-corrected chi connectivity index (χ4v) is 2.19. The summed E-state index contributed by atoms with van der Waals surface area (Å²) in [6.07, 6.45) is 4.08. The second-order valence-electron chi connectivity index (χ2n) is 5.45. The van der Waals surface area contributed by atoms with Crippen LogP contribution in [0.2, 0.25) is 0 Å². The lowest BCUT2D eigenvalue weighted by molar-refractivity contribution is 0.0404. The number of hydrogen-bond donors (Lipinski definition) is 0. The van der Waals surface area contributed by atoms with Crippen molar-refractivity contribution in [2.24, 2.45) is 0 Å². The minimum Gasteiger partial charge on any atom is -0.412 e. The van der Waals surface area contributed by atoms with E-state index in [0.29, 0.717) is 0 Å². The Morgan fingerprint density at radius 3 is 1.04 bits per heavy atom. The maximum Gasteiger partial charge on any atom is 0.0594 e. The number of nitrogens with zero attached hydrogens (tertiary/aromatic N) is 2. The highest BCUT2D eigenvalue weighted by molar-refractivity contribution is 4.58. The average molecular weight is 339 g/mol. The third kappa shape index (κ3) is 17.9. The number of ether oxygens (including phenoxy) is 2. The quantitative estimate of drug-likeness (QED) is 0.771. The first kappa shape index (κ1) is 27.6. The van der Waals surface area contributed by atoms with Gasteiger partial charge in [-0.3, -0.25) is 9.80 Å². The van der Waals surface area contributed by atoms with E-state index >= 15 is 0 Å². The van der Waals surface area contributed by atoms with Gasteiger partial charge in [0.15, 0.2) is 0 Å². The van der Waals surface area contributed by atoms with Gasteiger partial charge in [0, 0.05) is 26.2 Å². The van der Waals surface area contributed by atoms with Crippen molar-refractivity contribution in [2.75, 3.05) is 65.7 Å². The van der Waals surface area contributed by atoms with Crippen molar-refractivity contribution in [3.63, 3.8) is 0 Å². The van der Waals surface area contributed by atoms with Crippen LogP contribution in [0.3, 0.4) is 0 Å². The first-order valence-corrected chi connectivity index (χ1v) is 8.88. The molecule has 2 saturated heterocycles. The Balaban J connectivity index is -0.000000258. The minimum absolute atomic E-state index is 0. The zero-order chi connectivity index (χ0) is 15.8. The summed E-state index contributed by atoms with van der Waals surface area (Å²) in [5.41, 5.74) is 0. The SMILES string of the molecule is CCCCC.CCN1CCOCC1.CCN1CCOCC1.O.O. The molecule has 0 aromatic heterocycles. The zero-order valence-corrected chi connectivity index (χ0v) is 15.9. The molecule has 6 heteroatoms. The second-order valence-corrected chi connectivity index (χ2v) is 5.45. The van der Waals surface area contributed by atoms with Gasteiger partial charge >= 0.3 is 0 Å². The van der Waals surface area contributed by atoms with Crippen LogP contribution >= 0.6 is 0 Å². The summed E-state index contributed by atoms with van der Waals surface area (Å²) in [6.45, 7) is 19.3. The highest BCUT2D eigenvalue weighted by Crippen LogP contribution is 1.94. The van der Waals surface area contributed by atoms with E-state index in [1.54, 1.807) is 0 Å². The first-order valence-electron chi connectivity index (χ1n) is 8.88. The molecule has 2 heterocycles. The van der Waals surface area contributed by atoms with Crippen molar-refractivity contribution in [3.8, 4) is 0 Å². The Kier molecular flexibility index (Phi) is 26.1. The maximum atomic E-state index is 5.16. The predicted molar refractivity (Wildman–Crippen MR) is 98.3 cm³/mol. The number of morpholine rings is 2. The highest BCUT2D eigenvalue weighted by Gasteiger charge is 2.06. The molecular formula is C17H42N2O4. The van der Waals surface area contributed by atoms with Crippen LogP contribution in [0.4, 0.5) is 0 Å². The molecule has 0 saturated carbocycles. The summed E-state index contributed by atoms with van der Waals surface area (Å²) in [5.74, 6) is 0. The van der Waals surface area contributed by atoms with Crippen LogP contribution in [-0.4, -0.2) is 86.4 Å². The molecule has 0 aromatic rings. The predicted octanol–water partition coefficient (Wildman–Crippen LogP) is 1.22.